The van der Waals surface area contributed by atoms with Gasteiger partial charge < -0.3 is 0 Å². The first kappa shape index (κ1) is 13.3. The summed E-state index contributed by atoms with van der Waals surface area (Å²) in [7, 11) is 0. The monoisotopic (exact) mass is 300 g/mol. The second kappa shape index (κ2) is 3.89. The van der Waals surface area contributed by atoms with Crippen LogP contribution in [-0.2, 0) is 45.3 Å². The fourth-order valence-electron chi connectivity index (χ4n) is 0.109. The Kier molecular flexibility index (Phi) is 5.16. The normalized spacial score (nSPS) is 12.2. The van der Waals surface area contributed by atoms with E-state index in [9.17, 15) is 15.2 Å². The summed E-state index contributed by atoms with van der Waals surface area (Å²) < 4.78 is 56.3. The van der Waals surface area contributed by atoms with Gasteiger partial charge in [0.15, 0.2) is 0 Å². The van der Waals surface area contributed by atoms with Crippen LogP contribution in [0.25, 0.3) is 0 Å². The van der Waals surface area contributed by atoms with E-state index in [1.165, 1.54) is 0 Å². The van der Waals surface area contributed by atoms with Crippen LogP contribution in [0.5, 0.6) is 0 Å². The van der Waals surface area contributed by atoms with Gasteiger partial charge in [-0.1, -0.05) is 0 Å². The topological polar surface area (TPSA) is 118 Å². The molecule has 2 N–H and O–H groups in total. The van der Waals surface area contributed by atoms with Gasteiger partial charge in [0.05, 0.1) is 0 Å². The Morgan fingerprint density at radius 1 is 0.900 bits per heavy atom. The van der Waals surface area contributed by atoms with Crippen LogP contribution in [0.4, 0.5) is 0 Å². The zero-order valence-electron chi connectivity index (χ0n) is 4.25. The number of hydrogen-bond donors (Lipinski definition) is 2. The quantitative estimate of drug-likeness (QED) is 0.538. The van der Waals surface area contributed by atoms with E-state index < -0.39 is 27.2 Å². The molecule has 0 unspecified atom stereocenters. The van der Waals surface area contributed by atoms with Gasteiger partial charge in [0, 0.05) is 0 Å². The van der Waals surface area contributed by atoms with Gasteiger partial charge in [-0.05, 0) is 0 Å². The summed E-state index contributed by atoms with van der Waals surface area (Å²) in [5, 5.41) is 0. The fourth-order valence-corrected chi connectivity index (χ4v) is 1.85. The Morgan fingerprint density at radius 2 is 1.10 bits per heavy atom. The summed E-state index contributed by atoms with van der Waals surface area (Å²) in [6.07, 6.45) is 0. The van der Waals surface area contributed by atoms with E-state index in [0.29, 0.717) is 0 Å². The summed E-state index contributed by atoms with van der Waals surface area (Å²) in [6, 6.07) is 0. The van der Waals surface area contributed by atoms with E-state index in [1.54, 1.807) is 0 Å². The summed E-state index contributed by atoms with van der Waals surface area (Å²) in [6.45, 7) is 0. The third kappa shape index (κ3) is 11.5. The van der Waals surface area contributed by atoms with Crippen LogP contribution in [0, 0.1) is 0 Å². The predicted octanol–water partition coefficient (Wildman–Crippen LogP) is -2.58. The van der Waals surface area contributed by atoms with Gasteiger partial charge >= 0.3 is 70.7 Å². The molecule has 10 heavy (non-hydrogen) atoms. The minimum atomic E-state index is -5.76. The first-order valence-corrected chi connectivity index (χ1v) is 5.63. The molecule has 0 aliphatic rings. The maximum atomic E-state index is 9.53. The third-order valence-corrected chi connectivity index (χ3v) is 2.92. The first-order valence-electron chi connectivity index (χ1n) is 1.37. The van der Waals surface area contributed by atoms with Gasteiger partial charge in [0.1, 0.15) is 0 Å². The first-order chi connectivity index (χ1) is 3.71. The average molecular weight is 299 g/mol. The van der Waals surface area contributed by atoms with Crippen molar-refractivity contribution in [3.05, 3.63) is 0 Å². The summed E-state index contributed by atoms with van der Waals surface area (Å²) in [5.41, 5.74) is 0. The average Bonchev–Trinajstić information content (AvgIpc) is 1.14. The van der Waals surface area contributed by atoms with Crippen molar-refractivity contribution in [2.75, 3.05) is 0 Å². The van der Waals surface area contributed by atoms with E-state index in [1.807, 2.05) is 0 Å². The van der Waals surface area contributed by atoms with Crippen LogP contribution in [-0.4, -0.2) is 25.4 Å². The van der Waals surface area contributed by atoms with E-state index >= 15 is 0 Å². The summed E-state index contributed by atoms with van der Waals surface area (Å²) >= 11 is -11.5. The van der Waals surface area contributed by atoms with Crippen LogP contribution in [0.2, 0.25) is 0 Å². The van der Waals surface area contributed by atoms with Crippen molar-refractivity contribution in [2.45, 2.75) is 0 Å². The number of hydrogen-bond acceptors (Lipinski definition) is 5. The zero-order chi connectivity index (χ0) is 7.71. The van der Waals surface area contributed by atoms with Gasteiger partial charge in [0.25, 0.3) is 0 Å². The van der Waals surface area contributed by atoms with Crippen molar-refractivity contribution in [1.82, 2.24) is 0 Å². The van der Waals surface area contributed by atoms with Gasteiger partial charge in [0.2, 0.25) is 0 Å². The molecule has 0 aliphatic carbocycles. The Labute approximate surface area is 70.6 Å². The van der Waals surface area contributed by atoms with Crippen LogP contribution < -0.4 is 0 Å². The van der Waals surface area contributed by atoms with Gasteiger partial charge in [-0.15, -0.1) is 0 Å². The molecule has 0 saturated carbocycles. The van der Waals surface area contributed by atoms with E-state index in [-0.39, 0.29) is 17.1 Å². The molecule has 10 heteroatoms. The molecule has 0 bridgehead atoms. The second-order valence-corrected chi connectivity index (χ2v) is 4.68. The van der Waals surface area contributed by atoms with Crippen molar-refractivity contribution >= 4 is 17.1 Å². The van der Waals surface area contributed by atoms with Crippen molar-refractivity contribution in [2.24, 2.45) is 0 Å². The van der Waals surface area contributed by atoms with Crippen molar-refractivity contribution in [1.29, 1.82) is 0 Å². The standard InChI is InChI=1S/2Cr.2H2O.5O.H2Se/h;;2*1H2;;;;;;1H2/q2*+1;;;;;;;;/p-2. The Morgan fingerprint density at radius 3 is 1.10 bits per heavy atom. The van der Waals surface area contributed by atoms with Gasteiger partial charge in [-0.3, -0.25) is 0 Å². The molecule has 0 aliphatic heterocycles. The molecule has 0 atom stereocenters. The van der Waals surface area contributed by atoms with Crippen molar-refractivity contribution in [3.63, 3.8) is 0 Å². The molecule has 0 rings (SSSR count). The summed E-state index contributed by atoms with van der Waals surface area (Å²) in [4.78, 5) is 0. The molecule has 0 heterocycles. The molecule has 0 aromatic heterocycles. The van der Waals surface area contributed by atoms with E-state index in [4.69, 9.17) is 8.32 Å². The Bertz CT molecular complexity index is 237. The maximum absolute atomic E-state index is 9.53. The van der Waals surface area contributed by atoms with Crippen LogP contribution in [0.3, 0.4) is 0 Å². The van der Waals surface area contributed by atoms with Crippen LogP contribution in [0.15, 0.2) is 0 Å². The second-order valence-electron chi connectivity index (χ2n) is 0.924. The fraction of sp³-hybridized carbons (Fsp3) is 0. The van der Waals surface area contributed by atoms with Crippen LogP contribution in [0.1, 0.15) is 0 Å². The van der Waals surface area contributed by atoms with E-state index in [0.717, 1.165) is 0 Å². The molecular weight excluding hydrogens is 295 g/mol. The Balaban J connectivity index is 0. The van der Waals surface area contributed by atoms with E-state index in [2.05, 4.69) is 2.84 Å². The molecule has 0 aromatic rings. The zero-order valence-corrected chi connectivity index (χ0v) is 8.90. The van der Waals surface area contributed by atoms with Crippen LogP contribution >= 0.6 is 0 Å². The molecule has 7 nitrogen and oxygen atoms in total. The molecule has 0 fully saturated rings. The molecule has 0 saturated heterocycles. The molecule has 0 radical (unpaired) electrons. The predicted molar refractivity (Wildman–Crippen MR) is 16.8 cm³/mol. The third-order valence-electron chi connectivity index (χ3n) is 0.172. The minimum absolute atomic E-state index is 0. The SMILES string of the molecule is [O]=[Cr](=[O])([OH])[O][Cr](=[O])(=[O])[OH].[SeH2]. The summed E-state index contributed by atoms with van der Waals surface area (Å²) in [5.74, 6) is 0. The van der Waals surface area contributed by atoms with Crippen molar-refractivity contribution < 1.29 is 53.6 Å². The van der Waals surface area contributed by atoms with Gasteiger partial charge in [-0.2, -0.15) is 0 Å². The Hall–Kier alpha value is 0.664. The molecule has 0 amide bonds. The molecule has 0 aromatic carbocycles. The molecule has 0 spiro atoms. The number of rotatable bonds is 2. The molecule has 64 valence electrons. The van der Waals surface area contributed by atoms with Crippen molar-refractivity contribution in [3.8, 4) is 0 Å². The molecular formula is H4Cr2O7Se. The van der Waals surface area contributed by atoms with Gasteiger partial charge in [-0.25, -0.2) is 0 Å².